The fraction of sp³-hybridized carbons (Fsp3) is 0.545. The number of benzene rings is 1. The predicted octanol–water partition coefficient (Wildman–Crippen LogP) is -0.824. The minimum Gasteiger partial charge on any atom is -0.382 e. The summed E-state index contributed by atoms with van der Waals surface area (Å²) in [7, 11) is 0. The maximum Gasteiger partial charge on any atom is 0.264 e. The lowest BCUT2D eigenvalue weighted by Crippen LogP contribution is -2.54. The third-order valence-corrected chi connectivity index (χ3v) is 6.07. The van der Waals surface area contributed by atoms with Gasteiger partial charge >= 0.3 is 0 Å². The van der Waals surface area contributed by atoms with E-state index in [-0.39, 0.29) is 30.1 Å². The van der Waals surface area contributed by atoms with Crippen LogP contribution in [0.15, 0.2) is 18.2 Å². The molecular formula is C22H29N5O6. The van der Waals surface area contributed by atoms with E-state index in [0.717, 1.165) is 24.5 Å². The standard InChI is InChI=1S/C22H29N5O6/c23-12-14-13-26(8-11-33-14)7-10-32-9-6-24-16-3-1-2-15-19(16)22(31)27(21(15)30)17-4-5-18(28)25-20(17)29/h1-3,14,17,24H,4-13,23H2,(H,25,28,29)/t14-,17?/m0/s1. The van der Waals surface area contributed by atoms with Crippen molar-refractivity contribution >= 4 is 29.3 Å². The Kier molecular flexibility index (Phi) is 7.33. The number of morpholine rings is 1. The zero-order chi connectivity index (χ0) is 23.4. The number of hydrogen-bond donors (Lipinski definition) is 3. The number of carbonyl (C=O) groups excluding carboxylic acids is 4. The van der Waals surface area contributed by atoms with Crippen molar-refractivity contribution in [2.24, 2.45) is 5.73 Å². The van der Waals surface area contributed by atoms with Crippen molar-refractivity contribution in [3.8, 4) is 0 Å². The highest BCUT2D eigenvalue weighted by molar-refractivity contribution is 6.25. The molecule has 2 fully saturated rings. The maximum absolute atomic E-state index is 13.1. The van der Waals surface area contributed by atoms with Crippen molar-refractivity contribution in [2.75, 3.05) is 57.9 Å². The Bertz CT molecular complexity index is 938. The van der Waals surface area contributed by atoms with Gasteiger partial charge < -0.3 is 20.5 Å². The normalized spacial score (nSPS) is 23.6. The number of fused-ring (bicyclic) bond motifs is 1. The summed E-state index contributed by atoms with van der Waals surface area (Å²) < 4.78 is 11.3. The molecule has 2 atom stereocenters. The Morgan fingerprint density at radius 1 is 1.18 bits per heavy atom. The molecule has 0 radical (unpaired) electrons. The highest BCUT2D eigenvalue weighted by Gasteiger charge is 2.45. The van der Waals surface area contributed by atoms with Crippen LogP contribution in [0.4, 0.5) is 5.69 Å². The molecule has 0 saturated carbocycles. The molecule has 11 heteroatoms. The number of hydrogen-bond acceptors (Lipinski definition) is 9. The lowest BCUT2D eigenvalue weighted by molar-refractivity contribution is -0.136. The number of nitrogens with two attached hydrogens (primary N) is 1. The van der Waals surface area contributed by atoms with E-state index < -0.39 is 29.7 Å². The molecule has 0 spiro atoms. The van der Waals surface area contributed by atoms with Gasteiger partial charge in [0.1, 0.15) is 6.04 Å². The van der Waals surface area contributed by atoms with E-state index >= 15 is 0 Å². The third-order valence-electron chi connectivity index (χ3n) is 6.07. The van der Waals surface area contributed by atoms with Crippen LogP contribution in [-0.2, 0) is 19.1 Å². The van der Waals surface area contributed by atoms with Crippen LogP contribution in [0.25, 0.3) is 0 Å². The van der Waals surface area contributed by atoms with Crippen molar-refractivity contribution < 1.29 is 28.7 Å². The van der Waals surface area contributed by atoms with E-state index in [0.29, 0.717) is 38.6 Å². The highest BCUT2D eigenvalue weighted by Crippen LogP contribution is 2.32. The predicted molar refractivity (Wildman–Crippen MR) is 118 cm³/mol. The number of rotatable bonds is 9. The van der Waals surface area contributed by atoms with Gasteiger partial charge in [-0.15, -0.1) is 0 Å². The monoisotopic (exact) mass is 459 g/mol. The summed E-state index contributed by atoms with van der Waals surface area (Å²) in [6.07, 6.45) is 0.284. The van der Waals surface area contributed by atoms with Gasteiger partial charge in [-0.2, -0.15) is 0 Å². The number of piperidine rings is 1. The van der Waals surface area contributed by atoms with Gasteiger partial charge in [0.15, 0.2) is 0 Å². The second-order valence-corrected chi connectivity index (χ2v) is 8.24. The number of anilines is 1. The summed E-state index contributed by atoms with van der Waals surface area (Å²) in [5, 5.41) is 5.36. The molecule has 3 aliphatic rings. The van der Waals surface area contributed by atoms with Crippen LogP contribution in [0.2, 0.25) is 0 Å². The first-order chi connectivity index (χ1) is 16.0. The zero-order valence-corrected chi connectivity index (χ0v) is 18.4. The molecule has 3 heterocycles. The second kappa shape index (κ2) is 10.4. The van der Waals surface area contributed by atoms with Gasteiger partial charge in [-0.25, -0.2) is 0 Å². The average Bonchev–Trinajstić information content (AvgIpc) is 3.07. The Balaban J connectivity index is 1.29. The number of ether oxygens (including phenoxy) is 2. The highest BCUT2D eigenvalue weighted by atomic mass is 16.5. The van der Waals surface area contributed by atoms with Crippen molar-refractivity contribution in [3.05, 3.63) is 29.3 Å². The SMILES string of the molecule is NC[C@H]1CN(CCOCCNc2cccc3c2C(=O)N(C2CCC(=O)NC2=O)C3=O)CCO1. The van der Waals surface area contributed by atoms with Gasteiger partial charge in [0.2, 0.25) is 11.8 Å². The summed E-state index contributed by atoms with van der Waals surface area (Å²) in [5.41, 5.74) is 6.67. The third kappa shape index (κ3) is 5.06. The molecule has 4 N–H and O–H groups in total. The largest absolute Gasteiger partial charge is 0.382 e. The first kappa shape index (κ1) is 23.3. The molecule has 0 aromatic heterocycles. The van der Waals surface area contributed by atoms with Crippen LogP contribution in [0, 0.1) is 0 Å². The Morgan fingerprint density at radius 3 is 2.82 bits per heavy atom. The number of nitrogens with zero attached hydrogens (tertiary/aromatic N) is 2. The van der Waals surface area contributed by atoms with Gasteiger partial charge in [0.25, 0.3) is 11.8 Å². The Morgan fingerprint density at radius 2 is 2.03 bits per heavy atom. The van der Waals surface area contributed by atoms with Gasteiger partial charge in [0.05, 0.1) is 37.1 Å². The lowest BCUT2D eigenvalue weighted by atomic mass is 10.0. The van der Waals surface area contributed by atoms with Crippen LogP contribution in [-0.4, -0.2) is 98.1 Å². The molecule has 11 nitrogen and oxygen atoms in total. The van der Waals surface area contributed by atoms with E-state index in [1.165, 1.54) is 0 Å². The molecule has 3 aliphatic heterocycles. The van der Waals surface area contributed by atoms with Gasteiger partial charge in [0, 0.05) is 44.8 Å². The van der Waals surface area contributed by atoms with Crippen LogP contribution in [0.3, 0.4) is 0 Å². The molecular weight excluding hydrogens is 430 g/mol. The van der Waals surface area contributed by atoms with Gasteiger partial charge in [-0.3, -0.25) is 34.3 Å². The van der Waals surface area contributed by atoms with Crippen LogP contribution >= 0.6 is 0 Å². The van der Waals surface area contributed by atoms with Crippen molar-refractivity contribution in [1.29, 1.82) is 0 Å². The van der Waals surface area contributed by atoms with E-state index in [2.05, 4.69) is 15.5 Å². The molecule has 4 rings (SSSR count). The average molecular weight is 460 g/mol. The number of nitrogens with one attached hydrogen (secondary N) is 2. The minimum atomic E-state index is -0.981. The van der Waals surface area contributed by atoms with E-state index in [4.69, 9.17) is 15.2 Å². The van der Waals surface area contributed by atoms with Crippen LogP contribution in [0.1, 0.15) is 33.6 Å². The second-order valence-electron chi connectivity index (χ2n) is 8.24. The van der Waals surface area contributed by atoms with Gasteiger partial charge in [-0.05, 0) is 18.6 Å². The van der Waals surface area contributed by atoms with Crippen LogP contribution in [0.5, 0.6) is 0 Å². The molecule has 4 amide bonds. The maximum atomic E-state index is 13.1. The molecule has 2 saturated heterocycles. The Hall–Kier alpha value is -2.86. The zero-order valence-electron chi connectivity index (χ0n) is 18.4. The molecule has 1 aromatic carbocycles. The fourth-order valence-corrected chi connectivity index (χ4v) is 4.34. The molecule has 1 unspecified atom stereocenters. The van der Waals surface area contributed by atoms with E-state index in [1.54, 1.807) is 18.2 Å². The number of imide groups is 2. The smallest absolute Gasteiger partial charge is 0.264 e. The van der Waals surface area contributed by atoms with E-state index in [1.807, 2.05) is 0 Å². The van der Waals surface area contributed by atoms with Crippen molar-refractivity contribution in [1.82, 2.24) is 15.1 Å². The van der Waals surface area contributed by atoms with Gasteiger partial charge in [-0.1, -0.05) is 6.07 Å². The summed E-state index contributed by atoms with van der Waals surface area (Å²) in [6.45, 7) is 5.05. The molecule has 0 aliphatic carbocycles. The quantitative estimate of drug-likeness (QED) is 0.319. The minimum absolute atomic E-state index is 0.0700. The summed E-state index contributed by atoms with van der Waals surface area (Å²) >= 11 is 0. The first-order valence-corrected chi connectivity index (χ1v) is 11.2. The molecule has 33 heavy (non-hydrogen) atoms. The lowest BCUT2D eigenvalue weighted by Gasteiger charge is -2.32. The molecule has 0 bridgehead atoms. The van der Waals surface area contributed by atoms with Crippen molar-refractivity contribution in [2.45, 2.75) is 25.0 Å². The topological polar surface area (TPSA) is 143 Å². The van der Waals surface area contributed by atoms with Crippen LogP contribution < -0.4 is 16.4 Å². The number of amides is 4. The summed E-state index contributed by atoms with van der Waals surface area (Å²) in [5.74, 6) is -2.08. The molecule has 1 aromatic rings. The fourth-order valence-electron chi connectivity index (χ4n) is 4.34. The molecule has 178 valence electrons. The first-order valence-electron chi connectivity index (χ1n) is 11.2. The Labute approximate surface area is 191 Å². The van der Waals surface area contributed by atoms with E-state index in [9.17, 15) is 19.2 Å². The summed E-state index contributed by atoms with van der Waals surface area (Å²) in [6, 6.07) is 4.00. The van der Waals surface area contributed by atoms with Crippen molar-refractivity contribution in [3.63, 3.8) is 0 Å². The number of carbonyl (C=O) groups is 4. The summed E-state index contributed by atoms with van der Waals surface area (Å²) in [4.78, 5) is 52.8.